The van der Waals surface area contributed by atoms with Gasteiger partial charge in [0.1, 0.15) is 0 Å². The van der Waals surface area contributed by atoms with E-state index in [2.05, 4.69) is 0 Å². The molecule has 1 aromatic carbocycles. The second-order valence-corrected chi connectivity index (χ2v) is 2.93. The summed E-state index contributed by atoms with van der Waals surface area (Å²) in [5.74, 6) is 1.12. The summed E-state index contributed by atoms with van der Waals surface area (Å²) in [5, 5.41) is 8.52. The van der Waals surface area contributed by atoms with E-state index in [4.69, 9.17) is 17.0 Å². The van der Waals surface area contributed by atoms with Gasteiger partial charge in [0, 0.05) is 5.02 Å². The molecule has 0 N–H and O–H groups in total. The summed E-state index contributed by atoms with van der Waals surface area (Å²) in [4.78, 5) is 0. The van der Waals surface area contributed by atoms with Gasteiger partial charge in [0.05, 0.1) is 5.57 Å². The molecule has 0 spiro atoms. The number of hydrogen-bond donors (Lipinski definition) is 0. The van der Waals surface area contributed by atoms with Crippen LogP contribution in [0.1, 0.15) is 5.56 Å². The van der Waals surface area contributed by atoms with Gasteiger partial charge in [-0.2, -0.15) is 13.2 Å². The smallest absolute Gasteiger partial charge is 0.422 e. The van der Waals surface area contributed by atoms with Crippen LogP contribution < -0.4 is 0 Å². The lowest BCUT2D eigenvalue weighted by Crippen LogP contribution is -2.10. The first-order valence-corrected chi connectivity index (χ1v) is 3.93. The van der Waals surface area contributed by atoms with E-state index in [1.165, 1.54) is 18.2 Å². The largest absolute Gasteiger partial charge is 0.763 e. The molecular weight excluding hydrogens is 215 g/mol. The van der Waals surface area contributed by atoms with Crippen molar-refractivity contribution >= 4 is 23.0 Å². The van der Waals surface area contributed by atoms with Gasteiger partial charge in [-0.25, -0.2) is 0 Å². The summed E-state index contributed by atoms with van der Waals surface area (Å²) >= 11 is 5.51. The van der Waals surface area contributed by atoms with Crippen LogP contribution in [0.2, 0.25) is 5.02 Å². The predicted molar refractivity (Wildman–Crippen MR) is 49.3 cm³/mol. The van der Waals surface area contributed by atoms with Gasteiger partial charge in [-0.05, 0) is 17.7 Å². The van der Waals surface area contributed by atoms with Crippen molar-refractivity contribution in [2.75, 3.05) is 0 Å². The standard InChI is InChI=1S/C9H4ClF3N/c10-7-3-1-2-6(4-7)8(5-14)9(11,12)13/h1-4H/q-1. The van der Waals surface area contributed by atoms with Crippen molar-refractivity contribution in [1.29, 1.82) is 0 Å². The molecule has 74 valence electrons. The van der Waals surface area contributed by atoms with E-state index in [-0.39, 0.29) is 10.6 Å². The van der Waals surface area contributed by atoms with Crippen molar-refractivity contribution < 1.29 is 13.2 Å². The van der Waals surface area contributed by atoms with Crippen molar-refractivity contribution in [3.8, 4) is 0 Å². The van der Waals surface area contributed by atoms with Crippen LogP contribution in [0.5, 0.6) is 0 Å². The molecule has 1 rings (SSSR count). The third-order valence-corrected chi connectivity index (χ3v) is 1.74. The fourth-order valence-corrected chi connectivity index (χ4v) is 1.13. The van der Waals surface area contributed by atoms with Gasteiger partial charge >= 0.3 is 6.18 Å². The monoisotopic (exact) mass is 218 g/mol. The lowest BCUT2D eigenvalue weighted by Gasteiger charge is -2.10. The van der Waals surface area contributed by atoms with Gasteiger partial charge in [-0.1, -0.05) is 23.7 Å². The topological polar surface area (TPSA) is 22.3 Å². The van der Waals surface area contributed by atoms with Crippen LogP contribution >= 0.6 is 11.6 Å². The fourth-order valence-electron chi connectivity index (χ4n) is 0.936. The highest BCUT2D eigenvalue weighted by molar-refractivity contribution is 6.30. The third-order valence-electron chi connectivity index (χ3n) is 1.51. The molecule has 0 bridgehead atoms. The zero-order valence-corrected chi connectivity index (χ0v) is 7.52. The lowest BCUT2D eigenvalue weighted by atomic mass is 10.1. The first kappa shape index (κ1) is 10.8. The van der Waals surface area contributed by atoms with E-state index >= 15 is 0 Å². The summed E-state index contributed by atoms with van der Waals surface area (Å²) < 4.78 is 36.7. The van der Waals surface area contributed by atoms with Crippen molar-refractivity contribution in [1.82, 2.24) is 0 Å². The Kier molecular flexibility index (Phi) is 2.99. The quantitative estimate of drug-likeness (QED) is 0.644. The van der Waals surface area contributed by atoms with Crippen LogP contribution in [0.3, 0.4) is 0 Å². The minimum absolute atomic E-state index is 0.166. The van der Waals surface area contributed by atoms with E-state index in [0.29, 0.717) is 0 Å². The molecular formula is C9H4ClF3N-. The first-order valence-electron chi connectivity index (χ1n) is 3.55. The molecule has 0 unspecified atom stereocenters. The Labute approximate surface area is 83.3 Å². The Morgan fingerprint density at radius 2 is 2.00 bits per heavy atom. The van der Waals surface area contributed by atoms with E-state index in [0.717, 1.165) is 11.9 Å². The lowest BCUT2D eigenvalue weighted by molar-refractivity contribution is -0.0678. The van der Waals surface area contributed by atoms with Crippen molar-refractivity contribution in [3.05, 3.63) is 40.3 Å². The summed E-state index contributed by atoms with van der Waals surface area (Å²) in [5.41, 5.74) is -1.45. The van der Waals surface area contributed by atoms with E-state index in [1.54, 1.807) is 0 Å². The maximum absolute atomic E-state index is 12.2. The fraction of sp³-hybridized carbons (Fsp3) is 0.111. The van der Waals surface area contributed by atoms with Gasteiger partial charge in [-0.15, -0.1) is 0 Å². The Bertz CT molecular complexity index is 391. The number of halogens is 4. The van der Waals surface area contributed by atoms with E-state index < -0.39 is 11.7 Å². The van der Waals surface area contributed by atoms with Gasteiger partial charge in [0.2, 0.25) is 0 Å². The van der Waals surface area contributed by atoms with Gasteiger partial charge < -0.3 is 5.41 Å². The van der Waals surface area contributed by atoms with E-state index in [9.17, 15) is 13.2 Å². The molecule has 0 heterocycles. The predicted octanol–water partition coefficient (Wildman–Crippen LogP) is 3.52. The summed E-state index contributed by atoms with van der Waals surface area (Å²) in [6, 6.07) is 5.10. The van der Waals surface area contributed by atoms with Gasteiger partial charge in [-0.3, -0.25) is 5.87 Å². The Morgan fingerprint density at radius 1 is 1.36 bits per heavy atom. The zero-order valence-electron chi connectivity index (χ0n) is 6.77. The van der Waals surface area contributed by atoms with Crippen LogP contribution in [0.25, 0.3) is 11.0 Å². The van der Waals surface area contributed by atoms with Crippen LogP contribution in [-0.2, 0) is 0 Å². The number of benzene rings is 1. The molecule has 1 nitrogen and oxygen atoms in total. The number of nitrogens with zero attached hydrogens (tertiary/aromatic N) is 1. The highest BCUT2D eigenvalue weighted by Crippen LogP contribution is 2.32. The zero-order chi connectivity index (χ0) is 10.8. The average molecular weight is 219 g/mol. The summed E-state index contributed by atoms with van der Waals surface area (Å²) in [7, 11) is 0. The highest BCUT2D eigenvalue weighted by Gasteiger charge is 2.33. The Balaban J connectivity index is 3.23. The number of rotatable bonds is 1. The van der Waals surface area contributed by atoms with Gasteiger partial charge in [0.25, 0.3) is 0 Å². The molecule has 0 atom stereocenters. The first-order chi connectivity index (χ1) is 6.45. The molecule has 0 aliphatic rings. The second-order valence-electron chi connectivity index (χ2n) is 2.49. The number of hydrogen-bond acceptors (Lipinski definition) is 0. The van der Waals surface area contributed by atoms with Crippen LogP contribution in [0.15, 0.2) is 24.3 Å². The minimum atomic E-state index is -4.64. The summed E-state index contributed by atoms with van der Waals surface area (Å²) in [6.45, 7) is 0. The Hall–Kier alpha value is -1.25. The second kappa shape index (κ2) is 3.86. The molecule has 0 aliphatic carbocycles. The number of alkyl halides is 3. The summed E-state index contributed by atoms with van der Waals surface area (Å²) in [6.07, 6.45) is -4.64. The average Bonchev–Trinajstić information content (AvgIpc) is 2.02. The Morgan fingerprint density at radius 3 is 2.43 bits per heavy atom. The molecule has 0 fully saturated rings. The van der Waals surface area contributed by atoms with Crippen LogP contribution in [0, 0.1) is 0 Å². The van der Waals surface area contributed by atoms with Crippen LogP contribution in [-0.4, -0.2) is 12.0 Å². The molecule has 0 aliphatic heterocycles. The van der Waals surface area contributed by atoms with Gasteiger partial charge in [0.15, 0.2) is 0 Å². The number of allylic oxidation sites excluding steroid dienone is 1. The molecule has 0 amide bonds. The molecule has 14 heavy (non-hydrogen) atoms. The van der Waals surface area contributed by atoms with Crippen LogP contribution in [0.4, 0.5) is 13.2 Å². The highest BCUT2D eigenvalue weighted by atomic mass is 35.5. The molecule has 0 radical (unpaired) electrons. The molecule has 0 aromatic heterocycles. The maximum atomic E-state index is 12.2. The molecule has 0 saturated carbocycles. The molecule has 5 heteroatoms. The maximum Gasteiger partial charge on any atom is 0.422 e. The van der Waals surface area contributed by atoms with Crippen molar-refractivity contribution in [3.63, 3.8) is 0 Å². The SMILES string of the molecule is [N-]=C=C(c1cccc(Cl)c1)C(F)(F)F. The minimum Gasteiger partial charge on any atom is -0.763 e. The van der Waals surface area contributed by atoms with E-state index in [1.807, 2.05) is 0 Å². The normalized spacial score (nSPS) is 10.9. The van der Waals surface area contributed by atoms with Crippen molar-refractivity contribution in [2.24, 2.45) is 0 Å². The molecule has 1 aromatic rings. The van der Waals surface area contributed by atoms with Crippen molar-refractivity contribution in [2.45, 2.75) is 6.18 Å². The molecule has 0 saturated heterocycles. The third kappa shape index (κ3) is 2.37.